The number of rotatable bonds is 2. The van der Waals surface area contributed by atoms with Crippen molar-refractivity contribution in [2.75, 3.05) is 0 Å². The van der Waals surface area contributed by atoms with Crippen LogP contribution in [0.4, 0.5) is 0 Å². The highest BCUT2D eigenvalue weighted by atomic mass is 16.4. The Bertz CT molecular complexity index is 486. The summed E-state index contributed by atoms with van der Waals surface area (Å²) in [7, 11) is 0. The highest BCUT2D eigenvalue weighted by Gasteiger charge is 2.07. The summed E-state index contributed by atoms with van der Waals surface area (Å²) in [4.78, 5) is 26.0. The lowest BCUT2D eigenvalue weighted by molar-refractivity contribution is 0.0690. The Labute approximate surface area is 84.7 Å². The van der Waals surface area contributed by atoms with E-state index in [1.54, 1.807) is 0 Å². The smallest absolute Gasteiger partial charge is 0.354 e. The van der Waals surface area contributed by atoms with E-state index in [9.17, 15) is 4.79 Å². The molecule has 0 saturated carbocycles. The van der Waals surface area contributed by atoms with E-state index in [0.717, 1.165) is 0 Å². The molecule has 0 unspecified atom stereocenters. The summed E-state index contributed by atoms with van der Waals surface area (Å²) in [6.45, 7) is 0. The number of hydrogen-bond acceptors (Lipinski definition) is 5. The lowest BCUT2D eigenvalue weighted by atomic mass is 10.2. The Morgan fingerprint density at radius 1 is 1.13 bits per heavy atom. The Morgan fingerprint density at radius 3 is 2.67 bits per heavy atom. The van der Waals surface area contributed by atoms with E-state index in [-0.39, 0.29) is 5.69 Å². The second-order valence-corrected chi connectivity index (χ2v) is 2.68. The predicted octanol–water partition coefficient (Wildman–Crippen LogP) is 0.632. The first kappa shape index (κ1) is 9.20. The van der Waals surface area contributed by atoms with Crippen LogP contribution in [0.15, 0.2) is 31.0 Å². The molecule has 0 saturated heterocycles. The largest absolute Gasteiger partial charge is 0.477 e. The van der Waals surface area contributed by atoms with Crippen molar-refractivity contribution < 1.29 is 9.90 Å². The van der Waals surface area contributed by atoms with Crippen LogP contribution in [-0.4, -0.2) is 31.0 Å². The van der Waals surface area contributed by atoms with Gasteiger partial charge in [-0.3, -0.25) is 9.97 Å². The summed E-state index contributed by atoms with van der Waals surface area (Å²) in [5.74, 6) is -1.09. The molecule has 1 N–H and O–H groups in total. The number of carbonyl (C=O) groups is 1. The molecule has 2 rings (SSSR count). The Morgan fingerprint density at radius 2 is 2.00 bits per heavy atom. The summed E-state index contributed by atoms with van der Waals surface area (Å²) in [6, 6.07) is 1.35. The molecule has 2 aromatic rings. The van der Waals surface area contributed by atoms with Crippen LogP contribution in [0.2, 0.25) is 0 Å². The molecular weight excluding hydrogens is 196 g/mol. The van der Waals surface area contributed by atoms with Gasteiger partial charge in [-0.2, -0.15) is 0 Å². The molecule has 15 heavy (non-hydrogen) atoms. The summed E-state index contributed by atoms with van der Waals surface area (Å²) >= 11 is 0. The van der Waals surface area contributed by atoms with Gasteiger partial charge in [0.05, 0.1) is 11.9 Å². The lowest BCUT2D eigenvalue weighted by Gasteiger charge is -1.98. The van der Waals surface area contributed by atoms with Crippen LogP contribution in [0.1, 0.15) is 10.5 Å². The molecule has 6 heteroatoms. The van der Waals surface area contributed by atoms with Gasteiger partial charge in [-0.05, 0) is 6.07 Å². The molecule has 0 aliphatic heterocycles. The normalized spacial score (nSPS) is 9.87. The standard InChI is InChI=1S/C9H6N4O2/c14-9(15)7-3-6(12-5-13-7)8-4-10-1-2-11-8/h1-5H,(H,14,15). The van der Waals surface area contributed by atoms with Crippen LogP contribution in [-0.2, 0) is 0 Å². The van der Waals surface area contributed by atoms with Crippen molar-refractivity contribution in [3.05, 3.63) is 36.7 Å². The molecule has 0 fully saturated rings. The molecular formula is C9H6N4O2. The summed E-state index contributed by atoms with van der Waals surface area (Å²) in [5.41, 5.74) is 0.892. The number of aromatic nitrogens is 4. The molecule has 0 aromatic carbocycles. The highest BCUT2D eigenvalue weighted by Crippen LogP contribution is 2.11. The summed E-state index contributed by atoms with van der Waals surface area (Å²) in [6.07, 6.45) is 5.74. The average Bonchev–Trinajstić information content (AvgIpc) is 2.30. The third-order valence-electron chi connectivity index (χ3n) is 1.71. The number of carboxylic acids is 1. The summed E-state index contributed by atoms with van der Waals surface area (Å²) in [5, 5.41) is 8.73. The van der Waals surface area contributed by atoms with Crippen molar-refractivity contribution in [3.63, 3.8) is 0 Å². The number of hydrogen-bond donors (Lipinski definition) is 1. The summed E-state index contributed by atoms with van der Waals surface area (Å²) < 4.78 is 0. The fourth-order valence-electron chi connectivity index (χ4n) is 1.05. The highest BCUT2D eigenvalue weighted by molar-refractivity contribution is 5.86. The third-order valence-corrected chi connectivity index (χ3v) is 1.71. The van der Waals surface area contributed by atoms with E-state index >= 15 is 0 Å². The van der Waals surface area contributed by atoms with Crippen LogP contribution in [0.25, 0.3) is 11.4 Å². The predicted molar refractivity (Wildman–Crippen MR) is 50.0 cm³/mol. The molecule has 0 amide bonds. The van der Waals surface area contributed by atoms with E-state index in [1.807, 2.05) is 0 Å². The maximum atomic E-state index is 10.7. The average molecular weight is 202 g/mol. The molecule has 74 valence electrons. The first-order valence-electron chi connectivity index (χ1n) is 4.09. The van der Waals surface area contributed by atoms with Crippen LogP contribution in [0.5, 0.6) is 0 Å². The van der Waals surface area contributed by atoms with Gasteiger partial charge in [0.2, 0.25) is 0 Å². The Hall–Kier alpha value is -2.37. The molecule has 6 nitrogen and oxygen atoms in total. The fourth-order valence-corrected chi connectivity index (χ4v) is 1.05. The molecule has 0 atom stereocenters. The van der Waals surface area contributed by atoms with Gasteiger partial charge < -0.3 is 5.11 Å². The van der Waals surface area contributed by atoms with Gasteiger partial charge in [-0.25, -0.2) is 14.8 Å². The van der Waals surface area contributed by atoms with Gasteiger partial charge in [-0.15, -0.1) is 0 Å². The van der Waals surface area contributed by atoms with Gasteiger partial charge in [0.1, 0.15) is 12.0 Å². The first-order chi connectivity index (χ1) is 7.27. The van der Waals surface area contributed by atoms with E-state index < -0.39 is 5.97 Å². The van der Waals surface area contributed by atoms with Crippen molar-refractivity contribution in [2.45, 2.75) is 0 Å². The van der Waals surface area contributed by atoms with E-state index in [1.165, 1.54) is 31.0 Å². The molecule has 2 heterocycles. The van der Waals surface area contributed by atoms with E-state index in [2.05, 4.69) is 19.9 Å². The fraction of sp³-hybridized carbons (Fsp3) is 0. The second-order valence-electron chi connectivity index (χ2n) is 2.68. The third kappa shape index (κ3) is 1.93. The minimum atomic E-state index is -1.09. The minimum absolute atomic E-state index is 0.0642. The van der Waals surface area contributed by atoms with Gasteiger partial charge in [0, 0.05) is 12.4 Å². The molecule has 0 aliphatic rings. The first-order valence-corrected chi connectivity index (χ1v) is 4.09. The monoisotopic (exact) mass is 202 g/mol. The zero-order valence-corrected chi connectivity index (χ0v) is 7.53. The van der Waals surface area contributed by atoms with Gasteiger partial charge in [0.25, 0.3) is 0 Å². The lowest BCUT2D eigenvalue weighted by Crippen LogP contribution is -2.01. The maximum absolute atomic E-state index is 10.7. The zero-order chi connectivity index (χ0) is 10.7. The number of carboxylic acid groups (broad SMARTS) is 1. The van der Waals surface area contributed by atoms with E-state index in [0.29, 0.717) is 11.4 Å². The number of aromatic carboxylic acids is 1. The maximum Gasteiger partial charge on any atom is 0.354 e. The molecule has 0 spiro atoms. The van der Waals surface area contributed by atoms with Crippen LogP contribution in [0, 0.1) is 0 Å². The van der Waals surface area contributed by atoms with Crippen LogP contribution >= 0.6 is 0 Å². The molecule has 0 aliphatic carbocycles. The second kappa shape index (κ2) is 3.79. The number of nitrogens with zero attached hydrogens (tertiary/aromatic N) is 4. The van der Waals surface area contributed by atoms with Crippen molar-refractivity contribution in [2.24, 2.45) is 0 Å². The molecule has 0 radical (unpaired) electrons. The van der Waals surface area contributed by atoms with Gasteiger partial charge in [-0.1, -0.05) is 0 Å². The zero-order valence-electron chi connectivity index (χ0n) is 7.53. The SMILES string of the molecule is O=C(O)c1cc(-c2cnccn2)ncn1. The quantitative estimate of drug-likeness (QED) is 0.768. The Kier molecular flexibility index (Phi) is 2.32. The van der Waals surface area contributed by atoms with Crippen LogP contribution in [0.3, 0.4) is 0 Å². The van der Waals surface area contributed by atoms with Gasteiger partial charge >= 0.3 is 5.97 Å². The van der Waals surface area contributed by atoms with E-state index in [4.69, 9.17) is 5.11 Å². The van der Waals surface area contributed by atoms with Crippen molar-refractivity contribution in [1.29, 1.82) is 0 Å². The Balaban J connectivity index is 2.46. The van der Waals surface area contributed by atoms with Crippen molar-refractivity contribution >= 4 is 5.97 Å². The van der Waals surface area contributed by atoms with Crippen molar-refractivity contribution in [1.82, 2.24) is 19.9 Å². The van der Waals surface area contributed by atoms with Crippen LogP contribution < -0.4 is 0 Å². The van der Waals surface area contributed by atoms with Crippen molar-refractivity contribution in [3.8, 4) is 11.4 Å². The molecule has 0 bridgehead atoms. The minimum Gasteiger partial charge on any atom is -0.477 e. The topological polar surface area (TPSA) is 88.9 Å². The molecule has 2 aromatic heterocycles. The van der Waals surface area contributed by atoms with Gasteiger partial charge in [0.15, 0.2) is 5.69 Å².